The zero-order valence-electron chi connectivity index (χ0n) is 30.9. The molecule has 9 heteroatoms. The van der Waals surface area contributed by atoms with Crippen molar-refractivity contribution >= 4 is 5.78 Å². The van der Waals surface area contributed by atoms with Crippen LogP contribution in [0.1, 0.15) is 48.9 Å². The van der Waals surface area contributed by atoms with E-state index in [0.717, 1.165) is 22.3 Å². The predicted molar refractivity (Wildman–Crippen MR) is 202 cm³/mol. The van der Waals surface area contributed by atoms with Gasteiger partial charge in [-0.1, -0.05) is 133 Å². The highest BCUT2D eigenvalue weighted by atomic mass is 16.8. The molecule has 0 N–H and O–H groups in total. The molecule has 9 nitrogen and oxygen atoms in total. The second kappa shape index (κ2) is 18.5. The van der Waals surface area contributed by atoms with Gasteiger partial charge in [-0.2, -0.15) is 0 Å². The third kappa shape index (κ3) is 10.2. The van der Waals surface area contributed by atoms with Gasteiger partial charge >= 0.3 is 0 Å². The number of carbonyl (C=O) groups excluding carboxylic acids is 1. The van der Waals surface area contributed by atoms with Gasteiger partial charge in [0.1, 0.15) is 42.7 Å². The van der Waals surface area contributed by atoms with Gasteiger partial charge in [0.15, 0.2) is 17.9 Å². The standard InChI is InChI=1S/C45H50O9/c1-45(2)53-37-26-16-15-25-36(46)39(41(37)54-45)52-44-43(50-30-35-23-13-6-14-24-35)42(49-29-34-21-11-5-12-22-34)40(48-28-33-19-9-4-10-20-33)38(51-44)31-47-27-32-17-7-3-8-18-32/h3-14,16-24,26,37-44H,15,25,27-31H2,1-2H3/b26-16-/t37-,38-,39-,40-,41-,42+,43-,44-/m1/s1. The Kier molecular flexibility index (Phi) is 13.1. The molecule has 284 valence electrons. The van der Waals surface area contributed by atoms with E-state index in [9.17, 15) is 4.79 Å². The van der Waals surface area contributed by atoms with Gasteiger partial charge in [0.2, 0.25) is 0 Å². The van der Waals surface area contributed by atoms with Crippen LogP contribution in [0.15, 0.2) is 133 Å². The molecule has 0 aromatic heterocycles. The average molecular weight is 735 g/mol. The second-order valence-electron chi connectivity index (χ2n) is 14.4. The molecule has 0 bridgehead atoms. The number of hydrogen-bond donors (Lipinski definition) is 0. The van der Waals surface area contributed by atoms with Crippen molar-refractivity contribution in [2.45, 2.75) is 108 Å². The van der Waals surface area contributed by atoms with Gasteiger partial charge in [0.05, 0.1) is 33.0 Å². The number of allylic oxidation sites excluding steroid dienone is 1. The minimum absolute atomic E-state index is 0.0952. The van der Waals surface area contributed by atoms with Crippen LogP contribution in [-0.2, 0) is 69.1 Å². The number of rotatable bonds is 15. The molecule has 4 aromatic carbocycles. The highest BCUT2D eigenvalue weighted by Crippen LogP contribution is 2.37. The summed E-state index contributed by atoms with van der Waals surface area (Å²) in [7, 11) is 0. The number of hydrogen-bond acceptors (Lipinski definition) is 9. The van der Waals surface area contributed by atoms with Crippen molar-refractivity contribution in [3.05, 3.63) is 156 Å². The molecule has 54 heavy (non-hydrogen) atoms. The summed E-state index contributed by atoms with van der Waals surface area (Å²) >= 11 is 0. The fraction of sp³-hybridized carbons (Fsp3) is 0.400. The Labute approximate surface area is 318 Å². The third-order valence-electron chi connectivity index (χ3n) is 9.78. The quantitative estimate of drug-likeness (QED) is 0.115. The van der Waals surface area contributed by atoms with Crippen molar-refractivity contribution in [2.24, 2.45) is 0 Å². The van der Waals surface area contributed by atoms with Crippen LogP contribution in [0, 0.1) is 0 Å². The molecule has 2 saturated heterocycles. The Morgan fingerprint density at radius 2 is 1.13 bits per heavy atom. The summed E-state index contributed by atoms with van der Waals surface area (Å²) in [6, 6.07) is 39.9. The van der Waals surface area contributed by atoms with Gasteiger partial charge in [-0.05, 0) is 42.5 Å². The molecule has 2 fully saturated rings. The van der Waals surface area contributed by atoms with Gasteiger partial charge in [-0.3, -0.25) is 4.79 Å². The third-order valence-corrected chi connectivity index (χ3v) is 9.78. The molecule has 2 aliphatic heterocycles. The van der Waals surface area contributed by atoms with E-state index in [1.807, 2.05) is 147 Å². The number of benzene rings is 4. The van der Waals surface area contributed by atoms with Crippen LogP contribution in [0.5, 0.6) is 0 Å². The van der Waals surface area contributed by atoms with Crippen LogP contribution in [-0.4, -0.2) is 67.2 Å². The Balaban J connectivity index is 1.24. The van der Waals surface area contributed by atoms with E-state index in [1.165, 1.54) is 0 Å². The summed E-state index contributed by atoms with van der Waals surface area (Å²) in [5.74, 6) is -1.00. The second-order valence-corrected chi connectivity index (χ2v) is 14.4. The molecule has 1 aliphatic carbocycles. The van der Waals surface area contributed by atoms with Crippen LogP contribution in [0.2, 0.25) is 0 Å². The minimum atomic E-state index is -1.05. The summed E-state index contributed by atoms with van der Waals surface area (Å²) in [5, 5.41) is 0. The maximum absolute atomic E-state index is 13.9. The fourth-order valence-electron chi connectivity index (χ4n) is 7.14. The van der Waals surface area contributed by atoms with E-state index < -0.39 is 54.8 Å². The van der Waals surface area contributed by atoms with E-state index >= 15 is 0 Å². The molecule has 7 rings (SSSR count). The first kappa shape index (κ1) is 38.3. The zero-order valence-corrected chi connectivity index (χ0v) is 30.9. The molecule has 2 heterocycles. The van der Waals surface area contributed by atoms with Crippen molar-refractivity contribution in [2.75, 3.05) is 6.61 Å². The number of carbonyl (C=O) groups is 1. The van der Waals surface area contributed by atoms with E-state index in [2.05, 4.69) is 0 Å². The van der Waals surface area contributed by atoms with Crippen molar-refractivity contribution in [1.82, 2.24) is 0 Å². The van der Waals surface area contributed by atoms with E-state index in [0.29, 0.717) is 19.6 Å². The van der Waals surface area contributed by atoms with E-state index in [4.69, 9.17) is 37.9 Å². The average Bonchev–Trinajstić information content (AvgIpc) is 3.50. The van der Waals surface area contributed by atoms with E-state index in [1.54, 1.807) is 0 Å². The smallest absolute Gasteiger partial charge is 0.187 e. The molecule has 0 radical (unpaired) electrons. The van der Waals surface area contributed by atoms with Gasteiger partial charge < -0.3 is 37.9 Å². The molecule has 0 unspecified atom stereocenters. The Hall–Kier alpha value is -4.03. The number of fused-ring (bicyclic) bond motifs is 1. The highest BCUT2D eigenvalue weighted by Gasteiger charge is 2.53. The Morgan fingerprint density at radius 3 is 1.69 bits per heavy atom. The molecule has 8 atom stereocenters. The SMILES string of the molecule is CC1(C)O[C@H]2[C@H](O[C@H]3O[C@H](COCc4ccccc4)[C@@H](OCc4ccccc4)[C@H](OCc4ccccc4)[C@H]3OCc3ccccc3)C(=O)CC/C=C\[C@H]2O1. The van der Waals surface area contributed by atoms with Crippen LogP contribution >= 0.6 is 0 Å². The maximum Gasteiger partial charge on any atom is 0.187 e. The summed E-state index contributed by atoms with van der Waals surface area (Å²) in [6.45, 7) is 5.08. The van der Waals surface area contributed by atoms with Gasteiger partial charge in [-0.25, -0.2) is 0 Å². The molecule has 0 saturated carbocycles. The summed E-state index contributed by atoms with van der Waals surface area (Å²) < 4.78 is 53.1. The van der Waals surface area contributed by atoms with Crippen molar-refractivity contribution in [3.63, 3.8) is 0 Å². The number of Topliss-reactive ketones (excluding diaryl/α,β-unsaturated/α-hetero) is 1. The van der Waals surface area contributed by atoms with Crippen molar-refractivity contribution in [3.8, 4) is 0 Å². The molecular formula is C45H50O9. The molecule has 4 aromatic rings. The fourth-order valence-corrected chi connectivity index (χ4v) is 7.14. The topological polar surface area (TPSA) is 90.9 Å². The van der Waals surface area contributed by atoms with E-state index in [-0.39, 0.29) is 32.0 Å². The molecule has 0 amide bonds. The lowest BCUT2D eigenvalue weighted by atomic mass is 9.95. The normalized spacial score (nSPS) is 28.5. The van der Waals surface area contributed by atoms with Crippen LogP contribution in [0.25, 0.3) is 0 Å². The van der Waals surface area contributed by atoms with Crippen molar-refractivity contribution < 1.29 is 42.7 Å². The molecule has 3 aliphatic rings. The summed E-state index contributed by atoms with van der Waals surface area (Å²) in [6.07, 6.45) is -1.22. The van der Waals surface area contributed by atoms with Gasteiger partial charge in [-0.15, -0.1) is 0 Å². The maximum atomic E-state index is 13.9. The number of ketones is 1. The molecule has 0 spiro atoms. The zero-order chi connectivity index (χ0) is 37.2. The Morgan fingerprint density at radius 1 is 0.630 bits per heavy atom. The minimum Gasteiger partial charge on any atom is -0.374 e. The number of ether oxygens (including phenoxy) is 8. The Bertz CT molecular complexity index is 1750. The largest absolute Gasteiger partial charge is 0.374 e. The first-order valence-electron chi connectivity index (χ1n) is 18.9. The predicted octanol–water partition coefficient (Wildman–Crippen LogP) is 7.51. The van der Waals surface area contributed by atoms with Gasteiger partial charge in [0.25, 0.3) is 0 Å². The van der Waals surface area contributed by atoms with Crippen LogP contribution in [0.3, 0.4) is 0 Å². The monoisotopic (exact) mass is 734 g/mol. The van der Waals surface area contributed by atoms with Crippen LogP contribution < -0.4 is 0 Å². The van der Waals surface area contributed by atoms with Gasteiger partial charge in [0, 0.05) is 6.42 Å². The lowest BCUT2D eigenvalue weighted by Crippen LogP contribution is -2.63. The first-order chi connectivity index (χ1) is 26.4. The molecular weight excluding hydrogens is 684 g/mol. The lowest BCUT2D eigenvalue weighted by Gasteiger charge is -2.47. The first-order valence-corrected chi connectivity index (χ1v) is 18.9. The van der Waals surface area contributed by atoms with Crippen LogP contribution in [0.4, 0.5) is 0 Å². The lowest BCUT2D eigenvalue weighted by molar-refractivity contribution is -0.338. The van der Waals surface area contributed by atoms with Crippen molar-refractivity contribution in [1.29, 1.82) is 0 Å². The summed E-state index contributed by atoms with van der Waals surface area (Å²) in [4.78, 5) is 13.9. The highest BCUT2D eigenvalue weighted by molar-refractivity contribution is 5.84. The summed E-state index contributed by atoms with van der Waals surface area (Å²) in [5.41, 5.74) is 3.99.